The van der Waals surface area contributed by atoms with Crippen LogP contribution in [0, 0.1) is 5.92 Å². The zero-order valence-electron chi connectivity index (χ0n) is 7.51. The molecule has 1 aliphatic heterocycles. The Hall–Kier alpha value is -0.0400. The molecule has 2 saturated carbocycles. The van der Waals surface area contributed by atoms with Crippen LogP contribution in [0.2, 0.25) is 0 Å². The van der Waals surface area contributed by atoms with E-state index in [-0.39, 0.29) is 0 Å². The Kier molecular flexibility index (Phi) is 0.976. The van der Waals surface area contributed by atoms with Crippen molar-refractivity contribution >= 4 is 0 Å². The van der Waals surface area contributed by atoms with Crippen molar-refractivity contribution in [3.05, 3.63) is 0 Å². The SMILES string of the molecule is CC(C)N1C2CCC3CCC321. The van der Waals surface area contributed by atoms with Crippen LogP contribution in [0.5, 0.6) is 0 Å². The summed E-state index contributed by atoms with van der Waals surface area (Å²) < 4.78 is 0. The van der Waals surface area contributed by atoms with Crippen molar-refractivity contribution in [1.29, 1.82) is 0 Å². The summed E-state index contributed by atoms with van der Waals surface area (Å²) in [6, 6.07) is 1.82. The first kappa shape index (κ1) is 6.47. The second-order valence-electron chi connectivity index (χ2n) is 4.82. The average molecular weight is 151 g/mol. The summed E-state index contributed by atoms with van der Waals surface area (Å²) in [4.78, 5) is 2.77. The maximum absolute atomic E-state index is 2.77. The first-order chi connectivity index (χ1) is 5.27. The number of piperidine rings is 1. The van der Waals surface area contributed by atoms with Gasteiger partial charge in [0.15, 0.2) is 0 Å². The smallest absolute Gasteiger partial charge is 0.0399 e. The summed E-state index contributed by atoms with van der Waals surface area (Å²) in [5.74, 6) is 1.11. The van der Waals surface area contributed by atoms with Crippen molar-refractivity contribution in [3.63, 3.8) is 0 Å². The van der Waals surface area contributed by atoms with Gasteiger partial charge in [-0.2, -0.15) is 0 Å². The largest absolute Gasteiger partial charge is 0.289 e. The van der Waals surface area contributed by atoms with E-state index in [0.717, 1.165) is 23.5 Å². The van der Waals surface area contributed by atoms with E-state index in [0.29, 0.717) is 0 Å². The van der Waals surface area contributed by atoms with Crippen LogP contribution < -0.4 is 0 Å². The Morgan fingerprint density at radius 2 is 2.09 bits per heavy atom. The number of likely N-dealkylation sites (tertiary alicyclic amines) is 1. The molecule has 3 fully saturated rings. The van der Waals surface area contributed by atoms with Crippen molar-refractivity contribution in [1.82, 2.24) is 4.90 Å². The van der Waals surface area contributed by atoms with E-state index in [1.165, 1.54) is 25.7 Å². The van der Waals surface area contributed by atoms with Gasteiger partial charge in [-0.05, 0) is 45.4 Å². The van der Waals surface area contributed by atoms with E-state index in [9.17, 15) is 0 Å². The fraction of sp³-hybridized carbons (Fsp3) is 1.00. The zero-order valence-corrected chi connectivity index (χ0v) is 7.51. The van der Waals surface area contributed by atoms with E-state index >= 15 is 0 Å². The summed E-state index contributed by atoms with van der Waals surface area (Å²) in [5, 5.41) is 0. The summed E-state index contributed by atoms with van der Waals surface area (Å²) in [7, 11) is 0. The van der Waals surface area contributed by atoms with Gasteiger partial charge in [-0.25, -0.2) is 0 Å². The Labute approximate surface area is 68.8 Å². The molecule has 3 aliphatic rings. The lowest BCUT2D eigenvalue weighted by molar-refractivity contribution is 0.142. The molecule has 1 heterocycles. The van der Waals surface area contributed by atoms with Crippen LogP contribution in [0.3, 0.4) is 0 Å². The standard InChI is InChI=1S/C10H17N/c1-7(2)11-9-4-3-8-5-6-10(8,9)11/h7-9H,3-6H2,1-2H3. The molecule has 4 atom stereocenters. The highest BCUT2D eigenvalue weighted by molar-refractivity contribution is 5.29. The molecule has 0 radical (unpaired) electrons. The number of nitrogens with zero attached hydrogens (tertiary/aromatic N) is 1. The lowest BCUT2D eigenvalue weighted by Crippen LogP contribution is -2.39. The molecule has 62 valence electrons. The molecule has 1 spiro atoms. The van der Waals surface area contributed by atoms with Gasteiger partial charge in [0.25, 0.3) is 0 Å². The lowest BCUT2D eigenvalue weighted by atomic mass is 9.74. The molecule has 3 rings (SSSR count). The predicted molar refractivity (Wildman–Crippen MR) is 45.5 cm³/mol. The number of hydrogen-bond donors (Lipinski definition) is 0. The molecule has 4 unspecified atom stereocenters. The highest BCUT2D eigenvalue weighted by atomic mass is 15.4. The van der Waals surface area contributed by atoms with E-state index in [1.807, 2.05) is 0 Å². The Balaban J connectivity index is 1.86. The second kappa shape index (κ2) is 1.66. The van der Waals surface area contributed by atoms with Gasteiger partial charge in [0.2, 0.25) is 0 Å². The van der Waals surface area contributed by atoms with Crippen molar-refractivity contribution in [2.75, 3.05) is 0 Å². The van der Waals surface area contributed by atoms with Crippen LogP contribution >= 0.6 is 0 Å². The van der Waals surface area contributed by atoms with E-state index in [4.69, 9.17) is 0 Å². The number of rotatable bonds is 1. The molecule has 1 nitrogen and oxygen atoms in total. The summed E-state index contributed by atoms with van der Waals surface area (Å²) >= 11 is 0. The minimum atomic E-state index is 0.772. The van der Waals surface area contributed by atoms with Gasteiger partial charge >= 0.3 is 0 Å². The van der Waals surface area contributed by atoms with Gasteiger partial charge in [-0.3, -0.25) is 4.90 Å². The topological polar surface area (TPSA) is 3.01 Å². The summed E-state index contributed by atoms with van der Waals surface area (Å²) in [6.07, 6.45) is 6.08. The summed E-state index contributed by atoms with van der Waals surface area (Å²) in [6.45, 7) is 4.70. The first-order valence-electron chi connectivity index (χ1n) is 5.05. The van der Waals surface area contributed by atoms with Crippen molar-refractivity contribution in [3.8, 4) is 0 Å². The molecular formula is C10H17N. The van der Waals surface area contributed by atoms with Gasteiger partial charge in [-0.1, -0.05) is 0 Å². The third-order valence-electron chi connectivity index (χ3n) is 4.27. The molecule has 0 N–H and O–H groups in total. The summed E-state index contributed by atoms with van der Waals surface area (Å²) in [5.41, 5.74) is 0.772. The normalized spacial score (nSPS) is 58.6. The van der Waals surface area contributed by atoms with Crippen LogP contribution in [0.4, 0.5) is 0 Å². The maximum Gasteiger partial charge on any atom is 0.0399 e. The average Bonchev–Trinajstić information content (AvgIpc) is 2.51. The van der Waals surface area contributed by atoms with Gasteiger partial charge in [0.1, 0.15) is 0 Å². The van der Waals surface area contributed by atoms with Crippen molar-refractivity contribution in [2.45, 2.75) is 57.2 Å². The molecular weight excluding hydrogens is 134 g/mol. The molecule has 1 heteroatoms. The Morgan fingerprint density at radius 3 is 2.45 bits per heavy atom. The molecule has 1 saturated heterocycles. The molecule has 0 bridgehead atoms. The maximum atomic E-state index is 2.77. The highest BCUT2D eigenvalue weighted by Gasteiger charge is 2.73. The van der Waals surface area contributed by atoms with Crippen LogP contribution in [0.25, 0.3) is 0 Å². The van der Waals surface area contributed by atoms with Crippen LogP contribution in [-0.2, 0) is 0 Å². The van der Waals surface area contributed by atoms with E-state index < -0.39 is 0 Å². The fourth-order valence-corrected chi connectivity index (χ4v) is 3.84. The molecule has 0 aromatic carbocycles. The van der Waals surface area contributed by atoms with E-state index in [2.05, 4.69) is 18.7 Å². The molecule has 11 heavy (non-hydrogen) atoms. The van der Waals surface area contributed by atoms with Crippen molar-refractivity contribution < 1.29 is 0 Å². The molecule has 0 aromatic rings. The third kappa shape index (κ3) is 0.516. The van der Waals surface area contributed by atoms with Crippen LogP contribution in [-0.4, -0.2) is 22.5 Å². The van der Waals surface area contributed by atoms with Gasteiger partial charge in [0, 0.05) is 17.6 Å². The minimum absolute atomic E-state index is 0.772. The molecule has 0 aromatic heterocycles. The monoisotopic (exact) mass is 151 g/mol. The van der Waals surface area contributed by atoms with Gasteiger partial charge in [-0.15, -0.1) is 0 Å². The zero-order chi connectivity index (χ0) is 7.64. The van der Waals surface area contributed by atoms with Crippen LogP contribution in [0.1, 0.15) is 39.5 Å². The Morgan fingerprint density at radius 1 is 1.27 bits per heavy atom. The highest BCUT2D eigenvalue weighted by Crippen LogP contribution is 2.67. The first-order valence-corrected chi connectivity index (χ1v) is 5.05. The minimum Gasteiger partial charge on any atom is -0.289 e. The van der Waals surface area contributed by atoms with E-state index in [1.54, 1.807) is 0 Å². The Bertz CT molecular complexity index is 199. The van der Waals surface area contributed by atoms with Gasteiger partial charge in [0.05, 0.1) is 0 Å². The fourth-order valence-electron chi connectivity index (χ4n) is 3.84. The van der Waals surface area contributed by atoms with Crippen molar-refractivity contribution in [2.24, 2.45) is 5.92 Å². The quantitative estimate of drug-likeness (QED) is 0.518. The predicted octanol–water partition coefficient (Wildman–Crippen LogP) is 2.02. The molecule has 2 aliphatic carbocycles. The van der Waals surface area contributed by atoms with Gasteiger partial charge < -0.3 is 0 Å². The third-order valence-corrected chi connectivity index (χ3v) is 4.27. The molecule has 0 amide bonds. The number of hydrogen-bond acceptors (Lipinski definition) is 1. The van der Waals surface area contributed by atoms with Crippen LogP contribution in [0.15, 0.2) is 0 Å². The second-order valence-corrected chi connectivity index (χ2v) is 4.82. The lowest BCUT2D eigenvalue weighted by Gasteiger charge is -2.37.